The van der Waals surface area contributed by atoms with Gasteiger partial charge in [-0.3, -0.25) is 4.90 Å². The summed E-state index contributed by atoms with van der Waals surface area (Å²) in [5.74, 6) is -0.856. The van der Waals surface area contributed by atoms with Crippen LogP contribution in [0, 0.1) is 0 Å². The van der Waals surface area contributed by atoms with Gasteiger partial charge in [-0.15, -0.1) is 11.3 Å². The molecule has 0 radical (unpaired) electrons. The van der Waals surface area contributed by atoms with Gasteiger partial charge in [-0.05, 0) is 19.2 Å². The van der Waals surface area contributed by atoms with Crippen molar-refractivity contribution in [3.05, 3.63) is 21.9 Å². The predicted octanol–water partition coefficient (Wildman–Crippen LogP) is 1.52. The largest absolute Gasteiger partial charge is 0.477 e. The van der Waals surface area contributed by atoms with Crippen LogP contribution in [0.5, 0.6) is 0 Å². The van der Waals surface area contributed by atoms with E-state index >= 15 is 0 Å². The van der Waals surface area contributed by atoms with Crippen LogP contribution in [0.25, 0.3) is 0 Å². The molecule has 1 rings (SSSR count). The second kappa shape index (κ2) is 5.85. The highest BCUT2D eigenvalue weighted by atomic mass is 32.1. The first-order chi connectivity index (χ1) is 7.13. The van der Waals surface area contributed by atoms with E-state index in [0.29, 0.717) is 11.5 Å². The molecule has 0 spiro atoms. The Hall–Kier alpha value is -0.910. The van der Waals surface area contributed by atoms with Crippen molar-refractivity contribution in [3.63, 3.8) is 0 Å². The van der Waals surface area contributed by atoms with Crippen molar-refractivity contribution in [1.82, 2.24) is 4.90 Å². The second-order valence-electron chi connectivity index (χ2n) is 3.30. The fourth-order valence-electron chi connectivity index (χ4n) is 1.17. The van der Waals surface area contributed by atoms with Crippen LogP contribution in [0.1, 0.15) is 14.5 Å². The number of rotatable bonds is 6. The quantitative estimate of drug-likeness (QED) is 0.803. The molecular formula is C10H15NO3S. The summed E-state index contributed by atoms with van der Waals surface area (Å²) < 4.78 is 4.96. The molecule has 0 unspecified atom stereocenters. The number of ether oxygens (including phenoxy) is 1. The summed E-state index contributed by atoms with van der Waals surface area (Å²) in [7, 11) is 3.65. The van der Waals surface area contributed by atoms with E-state index in [1.165, 1.54) is 11.3 Å². The monoisotopic (exact) mass is 229 g/mol. The van der Waals surface area contributed by atoms with Crippen LogP contribution in [0.15, 0.2) is 12.1 Å². The molecule has 4 nitrogen and oxygen atoms in total. The minimum absolute atomic E-state index is 0.394. The van der Waals surface area contributed by atoms with Crippen LogP contribution in [0.2, 0.25) is 0 Å². The zero-order chi connectivity index (χ0) is 11.3. The minimum Gasteiger partial charge on any atom is -0.477 e. The number of carboxylic acids is 1. The minimum atomic E-state index is -0.856. The number of likely N-dealkylation sites (N-methyl/N-ethyl adjacent to an activating group) is 1. The number of hydrogen-bond donors (Lipinski definition) is 1. The maximum absolute atomic E-state index is 10.6. The average Bonchev–Trinajstić information content (AvgIpc) is 2.63. The maximum atomic E-state index is 10.6. The first-order valence-corrected chi connectivity index (χ1v) is 5.44. The van der Waals surface area contributed by atoms with E-state index in [1.807, 2.05) is 13.1 Å². The van der Waals surface area contributed by atoms with Gasteiger partial charge in [0.15, 0.2) is 0 Å². The molecule has 0 amide bonds. The molecule has 84 valence electrons. The zero-order valence-corrected chi connectivity index (χ0v) is 9.71. The Balaban J connectivity index is 2.46. The van der Waals surface area contributed by atoms with Gasteiger partial charge in [0.2, 0.25) is 0 Å². The Bertz CT molecular complexity index is 324. The molecule has 0 aliphatic carbocycles. The standard InChI is InChI=1S/C10H15NO3S/c1-11(5-6-14-2)7-8-3-4-9(15-8)10(12)13/h3-4H,5-7H2,1-2H3,(H,12,13). The number of thiophene rings is 1. The molecule has 0 atom stereocenters. The summed E-state index contributed by atoms with van der Waals surface area (Å²) in [5.41, 5.74) is 0. The molecule has 1 aromatic heterocycles. The Kier molecular flexibility index (Phi) is 4.74. The van der Waals surface area contributed by atoms with E-state index in [9.17, 15) is 4.79 Å². The summed E-state index contributed by atoms with van der Waals surface area (Å²) in [4.78, 5) is 14.2. The molecule has 0 aliphatic rings. The third kappa shape index (κ3) is 3.99. The fraction of sp³-hybridized carbons (Fsp3) is 0.500. The first-order valence-electron chi connectivity index (χ1n) is 4.63. The molecule has 15 heavy (non-hydrogen) atoms. The zero-order valence-electron chi connectivity index (χ0n) is 8.90. The highest BCUT2D eigenvalue weighted by Gasteiger charge is 2.08. The first kappa shape index (κ1) is 12.2. The van der Waals surface area contributed by atoms with Gasteiger partial charge in [0.25, 0.3) is 0 Å². The Morgan fingerprint density at radius 2 is 2.33 bits per heavy atom. The van der Waals surface area contributed by atoms with E-state index in [1.54, 1.807) is 13.2 Å². The van der Waals surface area contributed by atoms with Crippen LogP contribution >= 0.6 is 11.3 Å². The van der Waals surface area contributed by atoms with Crippen molar-refractivity contribution in [2.24, 2.45) is 0 Å². The van der Waals surface area contributed by atoms with E-state index in [-0.39, 0.29) is 0 Å². The molecule has 1 N–H and O–H groups in total. The number of carbonyl (C=O) groups is 1. The van der Waals surface area contributed by atoms with Gasteiger partial charge in [0.1, 0.15) is 4.88 Å². The van der Waals surface area contributed by atoms with Crippen molar-refractivity contribution in [3.8, 4) is 0 Å². The lowest BCUT2D eigenvalue weighted by atomic mass is 10.4. The van der Waals surface area contributed by atoms with Crippen molar-refractivity contribution < 1.29 is 14.6 Å². The number of aromatic carboxylic acids is 1. The highest BCUT2D eigenvalue weighted by Crippen LogP contribution is 2.17. The molecule has 5 heteroatoms. The van der Waals surface area contributed by atoms with Crippen LogP contribution in [-0.4, -0.2) is 43.3 Å². The molecule has 1 aromatic rings. The fourth-order valence-corrected chi connectivity index (χ4v) is 2.10. The van der Waals surface area contributed by atoms with Gasteiger partial charge < -0.3 is 9.84 Å². The lowest BCUT2D eigenvalue weighted by Gasteiger charge is -2.14. The molecule has 0 aromatic carbocycles. The van der Waals surface area contributed by atoms with E-state index in [0.717, 1.165) is 18.0 Å². The van der Waals surface area contributed by atoms with Gasteiger partial charge in [0.05, 0.1) is 6.61 Å². The molecule has 0 saturated heterocycles. The topological polar surface area (TPSA) is 49.8 Å². The lowest BCUT2D eigenvalue weighted by molar-refractivity contribution is 0.0702. The van der Waals surface area contributed by atoms with Gasteiger partial charge in [0, 0.05) is 25.1 Å². The third-order valence-corrected chi connectivity index (χ3v) is 3.03. The molecular weight excluding hydrogens is 214 g/mol. The molecule has 1 heterocycles. The SMILES string of the molecule is COCCN(C)Cc1ccc(C(=O)O)s1. The van der Waals surface area contributed by atoms with Gasteiger partial charge in [-0.1, -0.05) is 0 Å². The van der Waals surface area contributed by atoms with Crippen molar-refractivity contribution in [2.45, 2.75) is 6.54 Å². The number of carboxylic acid groups (broad SMARTS) is 1. The average molecular weight is 229 g/mol. The Labute approximate surface area is 93.1 Å². The summed E-state index contributed by atoms with van der Waals surface area (Å²) in [5, 5.41) is 8.75. The second-order valence-corrected chi connectivity index (χ2v) is 4.47. The predicted molar refractivity (Wildman–Crippen MR) is 59.5 cm³/mol. The Morgan fingerprint density at radius 1 is 1.60 bits per heavy atom. The third-order valence-electron chi connectivity index (χ3n) is 1.98. The molecule has 0 bridgehead atoms. The smallest absolute Gasteiger partial charge is 0.345 e. The summed E-state index contributed by atoms with van der Waals surface area (Å²) >= 11 is 1.32. The van der Waals surface area contributed by atoms with Crippen molar-refractivity contribution in [1.29, 1.82) is 0 Å². The van der Waals surface area contributed by atoms with Gasteiger partial charge in [-0.25, -0.2) is 4.79 Å². The molecule has 0 fully saturated rings. The number of nitrogens with zero attached hydrogens (tertiary/aromatic N) is 1. The van der Waals surface area contributed by atoms with Gasteiger partial charge >= 0.3 is 5.97 Å². The van der Waals surface area contributed by atoms with Crippen LogP contribution in [0.4, 0.5) is 0 Å². The summed E-state index contributed by atoms with van der Waals surface area (Å²) in [6, 6.07) is 3.50. The van der Waals surface area contributed by atoms with Crippen molar-refractivity contribution >= 4 is 17.3 Å². The molecule has 0 saturated carbocycles. The normalized spacial score (nSPS) is 10.9. The van der Waals surface area contributed by atoms with E-state index < -0.39 is 5.97 Å². The van der Waals surface area contributed by atoms with Gasteiger partial charge in [-0.2, -0.15) is 0 Å². The Morgan fingerprint density at radius 3 is 2.87 bits per heavy atom. The summed E-state index contributed by atoms with van der Waals surface area (Å²) in [6.45, 7) is 2.30. The summed E-state index contributed by atoms with van der Waals surface area (Å²) in [6.07, 6.45) is 0. The van der Waals surface area contributed by atoms with E-state index in [2.05, 4.69) is 4.90 Å². The van der Waals surface area contributed by atoms with Crippen LogP contribution in [0.3, 0.4) is 0 Å². The van der Waals surface area contributed by atoms with Crippen LogP contribution in [-0.2, 0) is 11.3 Å². The highest BCUT2D eigenvalue weighted by molar-refractivity contribution is 7.13. The number of methoxy groups -OCH3 is 1. The maximum Gasteiger partial charge on any atom is 0.345 e. The number of hydrogen-bond acceptors (Lipinski definition) is 4. The lowest BCUT2D eigenvalue weighted by Crippen LogP contribution is -2.21. The van der Waals surface area contributed by atoms with E-state index in [4.69, 9.17) is 9.84 Å². The van der Waals surface area contributed by atoms with Crippen LogP contribution < -0.4 is 0 Å². The molecule has 0 aliphatic heterocycles. The van der Waals surface area contributed by atoms with Crippen molar-refractivity contribution in [2.75, 3.05) is 27.3 Å².